The lowest BCUT2D eigenvalue weighted by molar-refractivity contribution is -0.0971. The highest BCUT2D eigenvalue weighted by atomic mass is 127. The SMILES string of the molecule is CC.CC.CC.CCC(C)(CN)COC(C)(C)CCOC(C)(C)CCOCC(C)(C)CN.CI. The molecule has 0 aromatic heterocycles. The molecule has 0 saturated carbocycles. The smallest absolute Gasteiger partial charge is 0.0648 e. The molecule has 0 heterocycles. The molecular formula is C28H67IN2O3. The van der Waals surface area contributed by atoms with Crippen molar-refractivity contribution in [2.45, 2.75) is 127 Å². The van der Waals surface area contributed by atoms with E-state index in [-0.39, 0.29) is 22.0 Å². The van der Waals surface area contributed by atoms with Gasteiger partial charge in [0.2, 0.25) is 0 Å². The lowest BCUT2D eigenvalue weighted by atomic mass is 9.88. The van der Waals surface area contributed by atoms with Crippen LogP contribution >= 0.6 is 22.6 Å². The van der Waals surface area contributed by atoms with Crippen molar-refractivity contribution in [3.63, 3.8) is 0 Å². The predicted octanol–water partition coefficient (Wildman–Crippen LogP) is 7.86. The lowest BCUT2D eigenvalue weighted by Crippen LogP contribution is -2.38. The van der Waals surface area contributed by atoms with Gasteiger partial charge in [0.25, 0.3) is 0 Å². The van der Waals surface area contributed by atoms with Gasteiger partial charge in [-0.3, -0.25) is 0 Å². The molecule has 34 heavy (non-hydrogen) atoms. The summed E-state index contributed by atoms with van der Waals surface area (Å²) < 4.78 is 18.0. The van der Waals surface area contributed by atoms with E-state index in [0.717, 1.165) is 19.3 Å². The van der Waals surface area contributed by atoms with Gasteiger partial charge >= 0.3 is 0 Å². The van der Waals surface area contributed by atoms with Gasteiger partial charge in [0.15, 0.2) is 0 Å². The van der Waals surface area contributed by atoms with Gasteiger partial charge in [-0.1, -0.05) is 91.8 Å². The average Bonchev–Trinajstić information content (AvgIpc) is 2.85. The Morgan fingerprint density at radius 3 is 1.41 bits per heavy atom. The van der Waals surface area contributed by atoms with Gasteiger partial charge < -0.3 is 25.7 Å². The number of alkyl halides is 1. The molecule has 0 spiro atoms. The van der Waals surface area contributed by atoms with Gasteiger partial charge in [0.05, 0.1) is 31.0 Å². The van der Waals surface area contributed by atoms with Crippen molar-refractivity contribution < 1.29 is 14.2 Å². The molecule has 0 aromatic carbocycles. The third kappa shape index (κ3) is 28.8. The molecule has 6 heteroatoms. The number of hydrogen-bond donors (Lipinski definition) is 2. The number of ether oxygens (including phenoxy) is 3. The molecule has 0 saturated heterocycles. The maximum absolute atomic E-state index is 6.14. The van der Waals surface area contributed by atoms with E-state index < -0.39 is 0 Å². The lowest BCUT2D eigenvalue weighted by Gasteiger charge is -2.34. The molecule has 0 rings (SSSR count). The molecule has 0 radical (unpaired) electrons. The molecule has 0 aromatic rings. The molecule has 214 valence electrons. The molecule has 0 amide bonds. The van der Waals surface area contributed by atoms with Gasteiger partial charge in [-0.15, -0.1) is 0 Å². The van der Waals surface area contributed by atoms with Crippen molar-refractivity contribution in [1.82, 2.24) is 0 Å². The van der Waals surface area contributed by atoms with E-state index in [0.29, 0.717) is 39.5 Å². The van der Waals surface area contributed by atoms with E-state index >= 15 is 0 Å². The quantitative estimate of drug-likeness (QED) is 0.113. The number of nitrogens with two attached hydrogens (primary N) is 2. The van der Waals surface area contributed by atoms with Crippen LogP contribution in [0.5, 0.6) is 0 Å². The van der Waals surface area contributed by atoms with Crippen LogP contribution in [0.25, 0.3) is 0 Å². The molecule has 0 bridgehead atoms. The van der Waals surface area contributed by atoms with E-state index in [9.17, 15) is 0 Å². The van der Waals surface area contributed by atoms with E-state index in [4.69, 9.17) is 25.7 Å². The minimum Gasteiger partial charge on any atom is -0.381 e. The van der Waals surface area contributed by atoms with Crippen LogP contribution in [-0.2, 0) is 14.2 Å². The van der Waals surface area contributed by atoms with Crippen LogP contribution in [0.2, 0.25) is 0 Å². The third-order valence-corrected chi connectivity index (χ3v) is 5.25. The highest BCUT2D eigenvalue weighted by Gasteiger charge is 2.27. The van der Waals surface area contributed by atoms with Gasteiger partial charge in [-0.2, -0.15) is 0 Å². The topological polar surface area (TPSA) is 79.7 Å². The average molecular weight is 607 g/mol. The summed E-state index contributed by atoms with van der Waals surface area (Å²) in [5.41, 5.74) is 11.2. The predicted molar refractivity (Wildman–Crippen MR) is 164 cm³/mol. The van der Waals surface area contributed by atoms with Crippen LogP contribution in [0.1, 0.15) is 116 Å². The van der Waals surface area contributed by atoms with Crippen LogP contribution < -0.4 is 11.5 Å². The Morgan fingerprint density at radius 2 is 1.03 bits per heavy atom. The Balaban J connectivity index is -0.000000314. The molecule has 4 N–H and O–H groups in total. The Bertz CT molecular complexity index is 386. The fraction of sp³-hybridized carbons (Fsp3) is 1.00. The monoisotopic (exact) mass is 606 g/mol. The summed E-state index contributed by atoms with van der Waals surface area (Å²) in [6.07, 6.45) is 2.72. The first-order chi connectivity index (χ1) is 15.8. The summed E-state index contributed by atoms with van der Waals surface area (Å²) in [5, 5.41) is 0. The van der Waals surface area contributed by atoms with Crippen molar-refractivity contribution in [2.75, 3.05) is 44.4 Å². The van der Waals surface area contributed by atoms with Gasteiger partial charge in [-0.05, 0) is 65.0 Å². The molecule has 0 aliphatic rings. The minimum absolute atomic E-state index is 0.0306. The Morgan fingerprint density at radius 1 is 0.618 bits per heavy atom. The number of hydrogen-bond acceptors (Lipinski definition) is 5. The van der Waals surface area contributed by atoms with E-state index in [1.807, 2.05) is 46.5 Å². The molecule has 0 fully saturated rings. The largest absolute Gasteiger partial charge is 0.381 e. The van der Waals surface area contributed by atoms with Crippen LogP contribution in [0.3, 0.4) is 0 Å². The third-order valence-electron chi connectivity index (χ3n) is 5.25. The Labute approximate surface area is 230 Å². The van der Waals surface area contributed by atoms with Gasteiger partial charge in [0, 0.05) is 17.4 Å². The zero-order valence-corrected chi connectivity index (χ0v) is 28.3. The second kappa shape index (κ2) is 26.6. The molecule has 1 atom stereocenters. The summed E-state index contributed by atoms with van der Waals surface area (Å²) in [5.74, 6) is 0. The first-order valence-electron chi connectivity index (χ1n) is 13.4. The van der Waals surface area contributed by atoms with Crippen molar-refractivity contribution >= 4 is 22.6 Å². The first kappa shape index (κ1) is 44.5. The summed E-state index contributed by atoms with van der Waals surface area (Å²) in [4.78, 5) is 1.97. The first-order valence-corrected chi connectivity index (χ1v) is 15.6. The molecule has 5 nitrogen and oxygen atoms in total. The summed E-state index contributed by atoms with van der Waals surface area (Å²) in [6.45, 7) is 33.0. The molecular weight excluding hydrogens is 539 g/mol. The maximum atomic E-state index is 6.14. The normalized spacial score (nSPS) is 12.9. The van der Waals surface area contributed by atoms with Crippen molar-refractivity contribution in [3.05, 3.63) is 0 Å². The minimum atomic E-state index is -0.219. The fourth-order valence-corrected chi connectivity index (χ4v) is 2.12. The Hall–Kier alpha value is 0.530. The second-order valence-electron chi connectivity index (χ2n) is 9.95. The maximum Gasteiger partial charge on any atom is 0.0648 e. The van der Waals surface area contributed by atoms with Crippen LogP contribution in [0.15, 0.2) is 0 Å². The second-order valence-corrected chi connectivity index (χ2v) is 9.95. The fourth-order valence-electron chi connectivity index (χ4n) is 2.12. The van der Waals surface area contributed by atoms with E-state index in [2.05, 4.69) is 78.0 Å². The Kier molecular flexibility index (Phi) is 34.8. The zero-order chi connectivity index (χ0) is 28.5. The number of rotatable bonds is 15. The van der Waals surface area contributed by atoms with Crippen LogP contribution in [0, 0.1) is 10.8 Å². The van der Waals surface area contributed by atoms with Crippen LogP contribution in [-0.4, -0.2) is 55.6 Å². The highest BCUT2D eigenvalue weighted by molar-refractivity contribution is 14.1. The summed E-state index contributed by atoms with van der Waals surface area (Å²) in [7, 11) is 0. The summed E-state index contributed by atoms with van der Waals surface area (Å²) >= 11 is 2.15. The standard InChI is InChI=1S/C21H46N2O3.3C2H6.CH3I/c1-9-21(8,15-23)17-26-20(6,7)11-13-25-19(4,5)10-12-24-16-18(2,3)14-22;4*1-2/h9-17,22-23H2,1-8H3;3*1-2H3;1H3. The molecule has 0 aliphatic heterocycles. The van der Waals surface area contributed by atoms with Crippen LogP contribution in [0.4, 0.5) is 0 Å². The van der Waals surface area contributed by atoms with E-state index in [1.54, 1.807) is 0 Å². The number of halogens is 1. The molecule has 0 aliphatic carbocycles. The highest BCUT2D eigenvalue weighted by Crippen LogP contribution is 2.25. The summed E-state index contributed by atoms with van der Waals surface area (Å²) in [6, 6.07) is 0. The van der Waals surface area contributed by atoms with Crippen molar-refractivity contribution in [2.24, 2.45) is 22.3 Å². The van der Waals surface area contributed by atoms with Gasteiger partial charge in [0.1, 0.15) is 0 Å². The zero-order valence-electron chi connectivity index (χ0n) is 26.1. The van der Waals surface area contributed by atoms with Crippen molar-refractivity contribution in [3.8, 4) is 0 Å². The van der Waals surface area contributed by atoms with Crippen molar-refractivity contribution in [1.29, 1.82) is 0 Å². The molecule has 1 unspecified atom stereocenters. The van der Waals surface area contributed by atoms with E-state index in [1.165, 1.54) is 0 Å². The van der Waals surface area contributed by atoms with Gasteiger partial charge in [-0.25, -0.2) is 0 Å².